The fraction of sp³-hybridized carbons (Fsp3) is 0.300. The Kier molecular flexibility index (Phi) is 6.57. The van der Waals surface area contributed by atoms with Crippen LogP contribution in [-0.2, 0) is 22.4 Å². The number of H-pyrrole nitrogens is 3. The number of nitrogens with zero attached hydrogens (tertiary/aromatic N) is 1. The van der Waals surface area contributed by atoms with Crippen molar-refractivity contribution in [1.82, 2.24) is 15.0 Å². The molecule has 0 saturated carbocycles. The van der Waals surface area contributed by atoms with Gasteiger partial charge in [-0.3, -0.25) is 14.6 Å². The molecule has 1 atom stereocenters. The average molecular weight is 513 g/mol. The molecule has 8 heteroatoms. The van der Waals surface area contributed by atoms with E-state index in [0.29, 0.717) is 12.8 Å². The Morgan fingerprint density at radius 3 is 2.21 bits per heavy atom. The van der Waals surface area contributed by atoms with Crippen LogP contribution in [0.1, 0.15) is 59.0 Å². The lowest BCUT2D eigenvalue weighted by Gasteiger charge is -2.02. The lowest BCUT2D eigenvalue weighted by atomic mass is 10.0. The highest BCUT2D eigenvalue weighted by Crippen LogP contribution is 2.22. The van der Waals surface area contributed by atoms with Gasteiger partial charge >= 0.3 is 11.9 Å². The second kappa shape index (κ2) is 9.85. The number of aryl methyl sites for hydroxylation is 1. The van der Waals surface area contributed by atoms with Gasteiger partial charge in [-0.1, -0.05) is 0 Å². The maximum absolute atomic E-state index is 11.4. The van der Waals surface area contributed by atoms with E-state index in [1.54, 1.807) is 0 Å². The number of aromatic amines is 3. The lowest BCUT2D eigenvalue weighted by molar-refractivity contribution is -0.138. The molecule has 5 heterocycles. The molecule has 8 bridgehead atoms. The summed E-state index contributed by atoms with van der Waals surface area (Å²) in [5.41, 5.74) is 8.69. The van der Waals surface area contributed by atoms with Crippen molar-refractivity contribution in [2.24, 2.45) is 4.99 Å². The minimum absolute atomic E-state index is 0.0154. The van der Waals surface area contributed by atoms with E-state index in [4.69, 9.17) is 4.99 Å². The zero-order valence-electron chi connectivity index (χ0n) is 22.0. The van der Waals surface area contributed by atoms with Gasteiger partial charge < -0.3 is 25.2 Å². The highest BCUT2D eigenvalue weighted by Gasteiger charge is 2.18. The molecule has 196 valence electrons. The Morgan fingerprint density at radius 2 is 1.50 bits per heavy atom. The molecule has 0 saturated heterocycles. The van der Waals surface area contributed by atoms with Crippen molar-refractivity contribution in [3.8, 4) is 0 Å². The highest BCUT2D eigenvalue weighted by molar-refractivity contribution is 6.19. The highest BCUT2D eigenvalue weighted by atomic mass is 16.4. The maximum Gasteiger partial charge on any atom is 0.303 e. The Balaban J connectivity index is 1.82. The van der Waals surface area contributed by atoms with Crippen LogP contribution in [0.15, 0.2) is 22.7 Å². The number of hydrogen-bond acceptors (Lipinski definition) is 3. The van der Waals surface area contributed by atoms with E-state index in [1.807, 2.05) is 26.0 Å². The summed E-state index contributed by atoms with van der Waals surface area (Å²) in [7, 11) is 0. The number of allylic oxidation sites excluding steroid dienone is 1. The van der Waals surface area contributed by atoms with Gasteiger partial charge in [-0.05, 0) is 110 Å². The van der Waals surface area contributed by atoms with Crippen LogP contribution in [-0.4, -0.2) is 48.9 Å². The molecular formula is C30H32N4O4. The third-order valence-corrected chi connectivity index (χ3v) is 7.49. The topological polar surface area (TPSA) is 134 Å². The van der Waals surface area contributed by atoms with E-state index in [2.05, 4.69) is 53.1 Å². The predicted molar refractivity (Wildman–Crippen MR) is 148 cm³/mol. The zero-order chi connectivity index (χ0) is 27.1. The largest absolute Gasteiger partial charge is 0.481 e. The van der Waals surface area contributed by atoms with Crippen molar-refractivity contribution < 1.29 is 19.8 Å². The third-order valence-electron chi connectivity index (χ3n) is 7.49. The first-order chi connectivity index (χ1) is 18.1. The molecule has 38 heavy (non-hydrogen) atoms. The van der Waals surface area contributed by atoms with Crippen LogP contribution in [0, 0.1) is 20.8 Å². The van der Waals surface area contributed by atoms with Crippen LogP contribution >= 0.6 is 0 Å². The van der Waals surface area contributed by atoms with E-state index < -0.39 is 11.9 Å². The molecule has 0 fully saturated rings. The number of aliphatic imine (C=N–C) groups is 1. The molecule has 5 rings (SSSR count). The molecule has 0 radical (unpaired) electrons. The monoisotopic (exact) mass is 512 g/mol. The van der Waals surface area contributed by atoms with Gasteiger partial charge in [0.15, 0.2) is 0 Å². The van der Waals surface area contributed by atoms with Crippen molar-refractivity contribution >= 4 is 42.0 Å². The smallest absolute Gasteiger partial charge is 0.303 e. The molecule has 1 unspecified atom stereocenters. The van der Waals surface area contributed by atoms with Crippen LogP contribution in [0.25, 0.3) is 24.3 Å². The average Bonchev–Trinajstić information content (AvgIpc) is 3.53. The van der Waals surface area contributed by atoms with Crippen LogP contribution in [0.3, 0.4) is 0 Å². The minimum Gasteiger partial charge on any atom is -0.481 e. The fourth-order valence-corrected chi connectivity index (χ4v) is 5.32. The molecule has 0 spiro atoms. The van der Waals surface area contributed by atoms with Gasteiger partial charge in [-0.2, -0.15) is 0 Å². The van der Waals surface area contributed by atoms with E-state index in [0.717, 1.165) is 71.9 Å². The summed E-state index contributed by atoms with van der Waals surface area (Å²) in [6.07, 6.45) is 11.1. The number of aliphatic carboxylic acids is 2. The second-order valence-corrected chi connectivity index (χ2v) is 10.2. The molecule has 0 aliphatic carbocycles. The Hall–Kier alpha value is -4.33. The number of rotatable bonds is 6. The summed E-state index contributed by atoms with van der Waals surface area (Å²) in [6.45, 7) is 8.13. The van der Waals surface area contributed by atoms with Crippen molar-refractivity contribution in [3.63, 3.8) is 0 Å². The van der Waals surface area contributed by atoms with E-state index in [1.165, 1.54) is 0 Å². The summed E-state index contributed by atoms with van der Waals surface area (Å²) >= 11 is 0. The van der Waals surface area contributed by atoms with Crippen molar-refractivity contribution in [3.05, 3.63) is 78.3 Å². The normalized spacial score (nSPS) is 19.6. The van der Waals surface area contributed by atoms with Crippen LogP contribution in [0.5, 0.6) is 0 Å². The van der Waals surface area contributed by atoms with Crippen molar-refractivity contribution in [1.29, 1.82) is 0 Å². The SMILES string of the molecule is CC1=CC2=NC1/C=c1\[nH]/c(c(CCC(=O)O)c1C)=C\c1[nH]c(c(C)c1CCC(=O)O)/C=c1/cc(C)/c([nH]1)=C/2. The lowest BCUT2D eigenvalue weighted by Crippen LogP contribution is -2.16. The fourth-order valence-electron chi connectivity index (χ4n) is 5.32. The first-order valence-electron chi connectivity index (χ1n) is 12.8. The van der Waals surface area contributed by atoms with Crippen LogP contribution in [0.4, 0.5) is 0 Å². The number of fused-ring (bicyclic) bond motifs is 7. The minimum atomic E-state index is -0.852. The standard InChI is InChI=1S/C30H32N4O4/c1-15-9-20-12-25-17(3)21(5-7-29(35)36)27(33-25)14-28-22(6-8-30(37)38)18(4)26(34-28)13-24-16(2)10-19(32-24)11-23(15)31-20/h9-14,24,31,33-34H,5-8H2,1-4H3,(H,35,36)(H,37,38)/b20-12-,23-11-,26-13-,28-14-. The number of carbonyl (C=O) groups is 2. The van der Waals surface area contributed by atoms with Crippen LogP contribution < -0.4 is 21.4 Å². The number of hydrogen-bond donors (Lipinski definition) is 5. The van der Waals surface area contributed by atoms with Gasteiger partial charge in [-0.25, -0.2) is 0 Å². The summed E-state index contributed by atoms with van der Waals surface area (Å²) in [4.78, 5) is 38.3. The first-order valence-corrected chi connectivity index (χ1v) is 12.8. The molecule has 3 aromatic rings. The number of carboxylic acid groups (broad SMARTS) is 2. The quantitative estimate of drug-likeness (QED) is 0.343. The van der Waals surface area contributed by atoms with Gasteiger partial charge in [0.25, 0.3) is 0 Å². The summed E-state index contributed by atoms with van der Waals surface area (Å²) in [5.74, 6) is -1.70. The third kappa shape index (κ3) is 4.94. The summed E-state index contributed by atoms with van der Waals surface area (Å²) in [6, 6.07) is 1.96. The molecule has 8 nitrogen and oxygen atoms in total. The number of carboxylic acids is 2. The van der Waals surface area contributed by atoms with Gasteiger partial charge in [-0.15, -0.1) is 0 Å². The first kappa shape index (κ1) is 25.3. The summed E-state index contributed by atoms with van der Waals surface area (Å²) < 4.78 is 0. The zero-order valence-corrected chi connectivity index (χ0v) is 22.0. The van der Waals surface area contributed by atoms with Gasteiger partial charge in [0.05, 0.1) is 11.8 Å². The molecule has 5 N–H and O–H groups in total. The Morgan fingerprint density at radius 1 is 0.789 bits per heavy atom. The molecule has 3 aromatic heterocycles. The van der Waals surface area contributed by atoms with E-state index in [9.17, 15) is 19.8 Å². The number of nitrogens with one attached hydrogen (secondary N) is 3. The maximum atomic E-state index is 11.4. The second-order valence-electron chi connectivity index (χ2n) is 10.2. The van der Waals surface area contributed by atoms with E-state index >= 15 is 0 Å². The molecular weight excluding hydrogens is 480 g/mol. The molecule has 0 amide bonds. The van der Waals surface area contributed by atoms with E-state index in [-0.39, 0.29) is 18.9 Å². The van der Waals surface area contributed by atoms with Crippen molar-refractivity contribution in [2.45, 2.75) is 59.4 Å². The predicted octanol–water partition coefficient (Wildman–Crippen LogP) is 1.63. The Labute approximate surface area is 219 Å². The summed E-state index contributed by atoms with van der Waals surface area (Å²) in [5, 5.41) is 22.4. The molecule has 0 aromatic carbocycles. The van der Waals surface area contributed by atoms with Gasteiger partial charge in [0.2, 0.25) is 0 Å². The molecule has 2 aliphatic heterocycles. The Bertz CT molecular complexity index is 1780. The van der Waals surface area contributed by atoms with Crippen LogP contribution in [0.2, 0.25) is 0 Å². The van der Waals surface area contributed by atoms with Gasteiger partial charge in [0.1, 0.15) is 0 Å². The van der Waals surface area contributed by atoms with Crippen molar-refractivity contribution in [2.75, 3.05) is 0 Å². The van der Waals surface area contributed by atoms with Gasteiger partial charge in [0, 0.05) is 45.6 Å². The number of aromatic nitrogens is 3. The molecule has 2 aliphatic rings.